The Kier molecular flexibility index (Phi) is 12.9. The predicted molar refractivity (Wildman–Crippen MR) is 128 cm³/mol. The number of nitrogens with one attached hydrogen (secondary N) is 2. The van der Waals surface area contributed by atoms with E-state index in [4.69, 9.17) is 26.1 Å². The van der Waals surface area contributed by atoms with Gasteiger partial charge >= 0.3 is 0 Å². The van der Waals surface area contributed by atoms with Crippen LogP contribution in [0.3, 0.4) is 0 Å². The van der Waals surface area contributed by atoms with E-state index in [-0.39, 0.29) is 24.0 Å². The van der Waals surface area contributed by atoms with Crippen molar-refractivity contribution in [3.8, 4) is 5.75 Å². The van der Waals surface area contributed by atoms with E-state index in [1.165, 1.54) is 0 Å². The molecule has 8 heteroatoms. The molecule has 1 aromatic rings. The fourth-order valence-corrected chi connectivity index (χ4v) is 3.45. The highest BCUT2D eigenvalue weighted by molar-refractivity contribution is 14.0. The zero-order valence-corrected chi connectivity index (χ0v) is 20.3. The summed E-state index contributed by atoms with van der Waals surface area (Å²) in [7, 11) is 3.40. The van der Waals surface area contributed by atoms with Crippen molar-refractivity contribution in [3.63, 3.8) is 0 Å². The van der Waals surface area contributed by atoms with Crippen LogP contribution in [-0.2, 0) is 11.2 Å². The van der Waals surface area contributed by atoms with E-state index in [0.29, 0.717) is 12.6 Å². The number of hydrogen-bond donors (Lipinski definition) is 2. The van der Waals surface area contributed by atoms with Crippen LogP contribution in [0.25, 0.3) is 0 Å². The number of rotatable bonds is 9. The van der Waals surface area contributed by atoms with Crippen molar-refractivity contribution >= 4 is 41.5 Å². The van der Waals surface area contributed by atoms with Crippen LogP contribution in [0.1, 0.15) is 25.3 Å². The van der Waals surface area contributed by atoms with E-state index in [9.17, 15) is 0 Å². The van der Waals surface area contributed by atoms with Gasteiger partial charge in [-0.15, -0.1) is 24.0 Å². The molecule has 0 bridgehead atoms. The number of likely N-dealkylation sites (tertiary alicyclic amines) is 1. The molecule has 0 unspecified atom stereocenters. The van der Waals surface area contributed by atoms with Gasteiger partial charge in [0.15, 0.2) is 5.96 Å². The maximum Gasteiger partial charge on any atom is 0.191 e. The lowest BCUT2D eigenvalue weighted by Crippen LogP contribution is -2.49. The number of piperidine rings is 1. The van der Waals surface area contributed by atoms with Gasteiger partial charge in [-0.3, -0.25) is 4.99 Å². The third-order valence-corrected chi connectivity index (χ3v) is 5.15. The first-order valence-electron chi connectivity index (χ1n) is 9.74. The average molecular weight is 525 g/mol. The van der Waals surface area contributed by atoms with Crippen molar-refractivity contribution in [1.29, 1.82) is 0 Å². The largest absolute Gasteiger partial charge is 0.497 e. The van der Waals surface area contributed by atoms with E-state index in [2.05, 4.69) is 22.5 Å². The Morgan fingerprint density at radius 3 is 2.64 bits per heavy atom. The standard InChI is InChI=1S/C20H33ClN4O2.HI/c1-4-22-20(24-17-8-11-25(12-9-17)13-14-26-2)23-10-7-16-5-6-18(27-3)15-19(16)21;/h5-6,15,17H,4,7-14H2,1-3H3,(H2,22,23,24);1H. The van der Waals surface area contributed by atoms with Gasteiger partial charge < -0.3 is 25.0 Å². The van der Waals surface area contributed by atoms with Gasteiger partial charge in [0, 0.05) is 50.9 Å². The van der Waals surface area contributed by atoms with Crippen LogP contribution in [0.5, 0.6) is 5.75 Å². The smallest absolute Gasteiger partial charge is 0.191 e. The minimum atomic E-state index is 0. The van der Waals surface area contributed by atoms with Crippen molar-refractivity contribution in [3.05, 3.63) is 28.8 Å². The minimum Gasteiger partial charge on any atom is -0.497 e. The molecule has 1 fully saturated rings. The maximum absolute atomic E-state index is 6.32. The number of nitrogens with zero attached hydrogens (tertiary/aromatic N) is 2. The first kappa shape index (κ1) is 25.3. The van der Waals surface area contributed by atoms with Gasteiger partial charge in [-0.2, -0.15) is 0 Å². The molecule has 0 saturated carbocycles. The summed E-state index contributed by atoms with van der Waals surface area (Å²) in [4.78, 5) is 7.18. The summed E-state index contributed by atoms with van der Waals surface area (Å²) in [6.45, 7) is 7.64. The van der Waals surface area contributed by atoms with Crippen LogP contribution in [0, 0.1) is 0 Å². The highest BCUT2D eigenvalue weighted by Gasteiger charge is 2.19. The molecule has 1 heterocycles. The molecule has 1 aliphatic heterocycles. The summed E-state index contributed by atoms with van der Waals surface area (Å²) < 4.78 is 10.4. The van der Waals surface area contributed by atoms with Crippen LogP contribution < -0.4 is 15.4 Å². The molecular weight excluding hydrogens is 491 g/mol. The molecule has 1 aliphatic rings. The second-order valence-electron chi connectivity index (χ2n) is 6.72. The van der Waals surface area contributed by atoms with E-state index in [0.717, 1.165) is 74.3 Å². The molecule has 0 spiro atoms. The van der Waals surface area contributed by atoms with E-state index < -0.39 is 0 Å². The molecule has 28 heavy (non-hydrogen) atoms. The van der Waals surface area contributed by atoms with Crippen molar-refractivity contribution in [1.82, 2.24) is 15.5 Å². The SMILES string of the molecule is CCNC(=NCCc1ccc(OC)cc1Cl)NC1CCN(CCOC)CC1.I. The number of ether oxygens (including phenoxy) is 2. The van der Waals surface area contributed by atoms with Crippen molar-refractivity contribution in [2.24, 2.45) is 4.99 Å². The molecule has 0 aliphatic carbocycles. The predicted octanol–water partition coefficient (Wildman–Crippen LogP) is 3.18. The zero-order chi connectivity index (χ0) is 19.5. The molecule has 0 radical (unpaired) electrons. The molecule has 160 valence electrons. The Balaban J connectivity index is 0.00000392. The van der Waals surface area contributed by atoms with Gasteiger partial charge in [0.25, 0.3) is 0 Å². The summed E-state index contributed by atoms with van der Waals surface area (Å²) in [6.07, 6.45) is 3.05. The van der Waals surface area contributed by atoms with Gasteiger partial charge in [-0.05, 0) is 43.9 Å². The second-order valence-corrected chi connectivity index (χ2v) is 7.13. The Hall–Kier alpha value is -0.770. The quantitative estimate of drug-likeness (QED) is 0.295. The molecule has 2 rings (SSSR count). The average Bonchev–Trinajstić information content (AvgIpc) is 2.68. The lowest BCUT2D eigenvalue weighted by atomic mass is 10.1. The van der Waals surface area contributed by atoms with Gasteiger partial charge in [0.1, 0.15) is 5.75 Å². The third-order valence-electron chi connectivity index (χ3n) is 4.80. The van der Waals surface area contributed by atoms with Crippen molar-refractivity contribution in [2.75, 3.05) is 53.6 Å². The number of aliphatic imine (C=N–C) groups is 1. The number of hydrogen-bond acceptors (Lipinski definition) is 4. The van der Waals surface area contributed by atoms with Crippen LogP contribution in [0.4, 0.5) is 0 Å². The van der Waals surface area contributed by atoms with Crippen LogP contribution >= 0.6 is 35.6 Å². The molecule has 1 saturated heterocycles. The Bertz CT molecular complexity index is 596. The summed E-state index contributed by atoms with van der Waals surface area (Å²) in [5.41, 5.74) is 1.09. The van der Waals surface area contributed by atoms with Crippen molar-refractivity contribution in [2.45, 2.75) is 32.2 Å². The van der Waals surface area contributed by atoms with Crippen molar-refractivity contribution < 1.29 is 9.47 Å². The molecule has 0 amide bonds. The lowest BCUT2D eigenvalue weighted by Gasteiger charge is -2.32. The molecule has 0 atom stereocenters. The Labute approximate surface area is 191 Å². The van der Waals surface area contributed by atoms with E-state index in [1.54, 1.807) is 14.2 Å². The van der Waals surface area contributed by atoms with E-state index >= 15 is 0 Å². The lowest BCUT2D eigenvalue weighted by molar-refractivity contribution is 0.128. The van der Waals surface area contributed by atoms with E-state index in [1.807, 2.05) is 18.2 Å². The molecule has 1 aromatic carbocycles. The first-order valence-corrected chi connectivity index (χ1v) is 10.1. The molecule has 6 nitrogen and oxygen atoms in total. The summed E-state index contributed by atoms with van der Waals surface area (Å²) in [6, 6.07) is 6.26. The number of guanidine groups is 1. The van der Waals surface area contributed by atoms with Gasteiger partial charge in [-0.25, -0.2) is 0 Å². The van der Waals surface area contributed by atoms with Crippen LogP contribution in [0.15, 0.2) is 23.2 Å². The number of benzene rings is 1. The molecule has 0 aromatic heterocycles. The normalized spacial score (nSPS) is 15.8. The Morgan fingerprint density at radius 1 is 1.29 bits per heavy atom. The molecule has 2 N–H and O–H groups in total. The topological polar surface area (TPSA) is 58.1 Å². The summed E-state index contributed by atoms with van der Waals surface area (Å²) >= 11 is 6.32. The number of halogens is 2. The van der Waals surface area contributed by atoms with Gasteiger partial charge in [-0.1, -0.05) is 17.7 Å². The second kappa shape index (κ2) is 14.3. The molecular formula is C20H34ClIN4O2. The fraction of sp³-hybridized carbons (Fsp3) is 0.650. The minimum absolute atomic E-state index is 0. The zero-order valence-electron chi connectivity index (χ0n) is 17.2. The first-order chi connectivity index (χ1) is 13.2. The summed E-state index contributed by atoms with van der Waals surface area (Å²) in [5.74, 6) is 1.66. The van der Waals surface area contributed by atoms with Gasteiger partial charge in [0.2, 0.25) is 0 Å². The highest BCUT2D eigenvalue weighted by atomic mass is 127. The fourth-order valence-electron chi connectivity index (χ4n) is 3.18. The highest BCUT2D eigenvalue weighted by Crippen LogP contribution is 2.22. The summed E-state index contributed by atoms with van der Waals surface area (Å²) in [5, 5.41) is 7.66. The number of methoxy groups -OCH3 is 2. The van der Waals surface area contributed by atoms with Crippen LogP contribution in [-0.4, -0.2) is 70.5 Å². The maximum atomic E-state index is 6.32. The monoisotopic (exact) mass is 524 g/mol. The Morgan fingerprint density at radius 2 is 2.04 bits per heavy atom. The van der Waals surface area contributed by atoms with Crippen LogP contribution in [0.2, 0.25) is 5.02 Å². The third kappa shape index (κ3) is 8.71. The van der Waals surface area contributed by atoms with Gasteiger partial charge in [0.05, 0.1) is 13.7 Å².